The minimum absolute atomic E-state index is 0.132. The standard InChI is InChI=1S/C12H13NO6S/c1-8(14)13-10-4-2-9(3-5-10)11(15)6-20(18,19)7-12(16)17/h2-5H,6-7H2,1H3,(H,13,14)(H,16,17). The number of aliphatic carboxylic acids is 1. The third kappa shape index (κ3) is 5.19. The minimum atomic E-state index is -3.98. The number of sulfone groups is 1. The lowest BCUT2D eigenvalue weighted by molar-refractivity contribution is -0.134. The molecule has 1 aromatic carbocycles. The number of amides is 1. The normalized spacial score (nSPS) is 10.8. The van der Waals surface area contributed by atoms with Crippen LogP contribution < -0.4 is 5.32 Å². The van der Waals surface area contributed by atoms with Crippen LogP contribution in [0.2, 0.25) is 0 Å². The molecule has 0 saturated heterocycles. The maximum Gasteiger partial charge on any atom is 0.318 e. The fourth-order valence-electron chi connectivity index (χ4n) is 1.46. The van der Waals surface area contributed by atoms with Gasteiger partial charge in [0, 0.05) is 18.2 Å². The van der Waals surface area contributed by atoms with Crippen molar-refractivity contribution in [3.8, 4) is 0 Å². The first kappa shape index (κ1) is 15.8. The zero-order valence-corrected chi connectivity index (χ0v) is 11.4. The van der Waals surface area contributed by atoms with Crippen LogP contribution in [0, 0.1) is 0 Å². The summed E-state index contributed by atoms with van der Waals surface area (Å²) in [6.45, 7) is 1.33. The maximum atomic E-state index is 11.7. The highest BCUT2D eigenvalue weighted by atomic mass is 32.2. The number of carboxylic acid groups (broad SMARTS) is 1. The van der Waals surface area contributed by atoms with Gasteiger partial charge in [0.1, 0.15) is 11.5 Å². The molecule has 0 bridgehead atoms. The third-order valence-electron chi connectivity index (χ3n) is 2.22. The predicted molar refractivity (Wildman–Crippen MR) is 71.4 cm³/mol. The Labute approximate surface area is 115 Å². The number of carboxylic acids is 1. The smallest absolute Gasteiger partial charge is 0.318 e. The van der Waals surface area contributed by atoms with E-state index in [2.05, 4.69) is 5.32 Å². The van der Waals surface area contributed by atoms with Crippen LogP contribution in [0.3, 0.4) is 0 Å². The molecule has 1 aromatic rings. The van der Waals surface area contributed by atoms with Gasteiger partial charge in [0.15, 0.2) is 15.6 Å². The summed E-state index contributed by atoms with van der Waals surface area (Å²) in [7, 11) is -3.98. The van der Waals surface area contributed by atoms with Gasteiger partial charge in [-0.05, 0) is 24.3 Å². The highest BCUT2D eigenvalue weighted by Crippen LogP contribution is 2.11. The van der Waals surface area contributed by atoms with E-state index in [1.165, 1.54) is 31.2 Å². The van der Waals surface area contributed by atoms with Gasteiger partial charge >= 0.3 is 5.97 Å². The average molecular weight is 299 g/mol. The molecule has 2 N–H and O–H groups in total. The molecule has 0 unspecified atom stereocenters. The number of hydrogen-bond acceptors (Lipinski definition) is 5. The number of rotatable bonds is 6. The highest BCUT2D eigenvalue weighted by molar-refractivity contribution is 7.92. The van der Waals surface area contributed by atoms with Gasteiger partial charge in [0.25, 0.3) is 0 Å². The van der Waals surface area contributed by atoms with E-state index >= 15 is 0 Å². The van der Waals surface area contributed by atoms with Gasteiger partial charge in [0.05, 0.1) is 0 Å². The summed E-state index contributed by atoms with van der Waals surface area (Å²) in [5.74, 6) is -4.41. The first-order valence-electron chi connectivity index (χ1n) is 5.53. The Morgan fingerprint density at radius 1 is 1.10 bits per heavy atom. The quantitative estimate of drug-likeness (QED) is 0.731. The molecule has 0 spiro atoms. The van der Waals surface area contributed by atoms with Gasteiger partial charge < -0.3 is 10.4 Å². The summed E-state index contributed by atoms with van der Waals surface area (Å²) < 4.78 is 22.8. The number of hydrogen-bond donors (Lipinski definition) is 2. The van der Waals surface area contributed by atoms with Crippen LogP contribution in [0.5, 0.6) is 0 Å². The van der Waals surface area contributed by atoms with Crippen molar-refractivity contribution in [2.24, 2.45) is 0 Å². The zero-order chi connectivity index (χ0) is 15.3. The van der Waals surface area contributed by atoms with Gasteiger partial charge in [0.2, 0.25) is 5.91 Å². The summed E-state index contributed by atoms with van der Waals surface area (Å²) in [4.78, 5) is 32.9. The maximum absolute atomic E-state index is 11.7. The van der Waals surface area contributed by atoms with Crippen LogP contribution in [0.4, 0.5) is 5.69 Å². The molecule has 1 amide bonds. The number of ketones is 1. The number of nitrogens with one attached hydrogen (secondary N) is 1. The largest absolute Gasteiger partial charge is 0.480 e. The topological polar surface area (TPSA) is 118 Å². The first-order chi connectivity index (χ1) is 9.19. The fraction of sp³-hybridized carbons (Fsp3) is 0.250. The summed E-state index contributed by atoms with van der Waals surface area (Å²) in [6, 6.07) is 5.64. The molecule has 7 nitrogen and oxygen atoms in total. The molecule has 8 heteroatoms. The molecule has 1 rings (SSSR count). The average Bonchev–Trinajstić information content (AvgIpc) is 2.26. The fourth-order valence-corrected chi connectivity index (χ4v) is 2.51. The van der Waals surface area contributed by atoms with Crippen molar-refractivity contribution < 1.29 is 27.9 Å². The van der Waals surface area contributed by atoms with Crippen LogP contribution in [0.25, 0.3) is 0 Å². The van der Waals surface area contributed by atoms with E-state index in [1.807, 2.05) is 0 Å². The number of carbonyl (C=O) groups excluding carboxylic acids is 2. The van der Waals surface area contributed by atoms with Crippen molar-refractivity contribution in [2.45, 2.75) is 6.92 Å². The summed E-state index contributed by atoms with van der Waals surface area (Å²) >= 11 is 0. The Balaban J connectivity index is 2.78. The molecule has 0 aromatic heterocycles. The number of benzene rings is 1. The predicted octanol–water partition coefficient (Wildman–Crippen LogP) is 0.327. The summed E-state index contributed by atoms with van der Waals surface area (Å²) in [6.07, 6.45) is 0. The van der Waals surface area contributed by atoms with Gasteiger partial charge in [-0.3, -0.25) is 14.4 Å². The molecule has 20 heavy (non-hydrogen) atoms. The van der Waals surface area contributed by atoms with Gasteiger partial charge in [-0.15, -0.1) is 0 Å². The van der Waals surface area contributed by atoms with Gasteiger partial charge in [-0.1, -0.05) is 0 Å². The Hall–Kier alpha value is -2.22. The molecule has 0 saturated carbocycles. The molecule has 0 fully saturated rings. The van der Waals surface area contributed by atoms with E-state index in [4.69, 9.17) is 5.11 Å². The van der Waals surface area contributed by atoms with E-state index in [1.54, 1.807) is 0 Å². The van der Waals surface area contributed by atoms with E-state index in [0.29, 0.717) is 5.69 Å². The summed E-state index contributed by atoms with van der Waals surface area (Å²) in [5, 5.41) is 10.9. The minimum Gasteiger partial charge on any atom is -0.480 e. The second-order valence-corrected chi connectivity index (χ2v) is 6.17. The Kier molecular flexibility index (Phi) is 4.98. The molecule has 108 valence electrons. The monoisotopic (exact) mass is 299 g/mol. The molecule has 0 atom stereocenters. The molecular formula is C12H13NO6S. The third-order valence-corrected chi connectivity index (χ3v) is 3.61. The Bertz CT molecular complexity index is 632. The van der Waals surface area contributed by atoms with Crippen LogP contribution >= 0.6 is 0 Å². The zero-order valence-electron chi connectivity index (χ0n) is 10.6. The molecule has 0 aliphatic heterocycles. The number of carbonyl (C=O) groups is 3. The Morgan fingerprint density at radius 2 is 1.65 bits per heavy atom. The van der Waals surface area contributed by atoms with Gasteiger partial charge in [-0.2, -0.15) is 0 Å². The van der Waals surface area contributed by atoms with E-state index < -0.39 is 33.1 Å². The second-order valence-electron chi connectivity index (χ2n) is 4.11. The molecule has 0 heterocycles. The second kappa shape index (κ2) is 6.29. The van der Waals surface area contributed by atoms with Crippen molar-refractivity contribution in [3.63, 3.8) is 0 Å². The highest BCUT2D eigenvalue weighted by Gasteiger charge is 2.21. The lowest BCUT2D eigenvalue weighted by atomic mass is 10.1. The molecule has 0 aliphatic carbocycles. The van der Waals surface area contributed by atoms with E-state index in [-0.39, 0.29) is 11.5 Å². The van der Waals surface area contributed by atoms with E-state index in [0.717, 1.165) is 0 Å². The lowest BCUT2D eigenvalue weighted by Crippen LogP contribution is -2.23. The van der Waals surface area contributed by atoms with Crippen molar-refractivity contribution in [2.75, 3.05) is 16.8 Å². The van der Waals surface area contributed by atoms with Crippen molar-refractivity contribution in [1.82, 2.24) is 0 Å². The van der Waals surface area contributed by atoms with Crippen molar-refractivity contribution in [1.29, 1.82) is 0 Å². The Morgan fingerprint density at radius 3 is 2.10 bits per heavy atom. The van der Waals surface area contributed by atoms with Crippen LogP contribution in [0.1, 0.15) is 17.3 Å². The summed E-state index contributed by atoms with van der Waals surface area (Å²) in [5.41, 5.74) is 0.607. The lowest BCUT2D eigenvalue weighted by Gasteiger charge is -2.04. The van der Waals surface area contributed by atoms with Crippen molar-refractivity contribution >= 4 is 33.2 Å². The number of anilines is 1. The first-order valence-corrected chi connectivity index (χ1v) is 7.35. The van der Waals surface area contributed by atoms with Crippen LogP contribution in [-0.2, 0) is 19.4 Å². The van der Waals surface area contributed by atoms with Crippen LogP contribution in [0.15, 0.2) is 24.3 Å². The van der Waals surface area contributed by atoms with Crippen LogP contribution in [-0.4, -0.2) is 42.7 Å². The number of Topliss-reactive ketones (excluding diaryl/α,β-unsaturated/α-hetero) is 1. The molecular weight excluding hydrogens is 286 g/mol. The van der Waals surface area contributed by atoms with E-state index in [9.17, 15) is 22.8 Å². The molecule has 0 radical (unpaired) electrons. The SMILES string of the molecule is CC(=O)Nc1ccc(C(=O)CS(=O)(=O)CC(=O)O)cc1. The van der Waals surface area contributed by atoms with Crippen molar-refractivity contribution in [3.05, 3.63) is 29.8 Å². The molecule has 0 aliphatic rings. The van der Waals surface area contributed by atoms with Gasteiger partial charge in [-0.25, -0.2) is 8.42 Å².